The minimum Gasteiger partial charge on any atom is -0.322 e. The maximum atomic E-state index is 13.2. The summed E-state index contributed by atoms with van der Waals surface area (Å²) >= 11 is 0. The molecule has 5 aromatic rings. The summed E-state index contributed by atoms with van der Waals surface area (Å²) in [5.74, 6) is -1.52. The topological polar surface area (TPSA) is 58.2 Å². The van der Waals surface area contributed by atoms with Crippen molar-refractivity contribution in [1.29, 1.82) is 0 Å². The number of nitrogens with one attached hydrogen (secondary N) is 2. The van der Waals surface area contributed by atoms with Crippen LogP contribution in [0.15, 0.2) is 109 Å². The van der Waals surface area contributed by atoms with E-state index < -0.39 is 35.3 Å². The summed E-state index contributed by atoms with van der Waals surface area (Å²) in [6.45, 7) is 0. The second kappa shape index (κ2) is 12.2. The van der Waals surface area contributed by atoms with E-state index in [9.17, 15) is 35.9 Å². The van der Waals surface area contributed by atoms with Crippen molar-refractivity contribution in [2.45, 2.75) is 25.2 Å². The van der Waals surface area contributed by atoms with Crippen LogP contribution in [0.3, 0.4) is 0 Å². The Morgan fingerprint density at radius 2 is 1.00 bits per heavy atom. The van der Waals surface area contributed by atoms with E-state index in [1.165, 1.54) is 30.3 Å². The fourth-order valence-corrected chi connectivity index (χ4v) is 4.73. The Hall–Kier alpha value is -5.12. The number of carbonyl (C=O) groups is 2. The van der Waals surface area contributed by atoms with Gasteiger partial charge in [0.15, 0.2) is 0 Å². The molecule has 2 N–H and O–H groups in total. The van der Waals surface area contributed by atoms with Crippen molar-refractivity contribution in [3.63, 3.8) is 0 Å². The van der Waals surface area contributed by atoms with Crippen molar-refractivity contribution in [2.24, 2.45) is 0 Å². The molecule has 10 heteroatoms. The Morgan fingerprint density at radius 3 is 1.52 bits per heavy atom. The van der Waals surface area contributed by atoms with Crippen LogP contribution >= 0.6 is 0 Å². The van der Waals surface area contributed by atoms with Gasteiger partial charge in [-0.05, 0) is 89.3 Å². The number of amides is 2. The van der Waals surface area contributed by atoms with E-state index in [2.05, 4.69) is 10.6 Å². The average Bonchev–Trinajstić information content (AvgIpc) is 2.99. The van der Waals surface area contributed by atoms with Crippen LogP contribution in [-0.2, 0) is 25.2 Å². The molecule has 0 fully saturated rings. The minimum atomic E-state index is -4.61. The third-order valence-electron chi connectivity index (χ3n) is 6.93. The van der Waals surface area contributed by atoms with Gasteiger partial charge in [-0.15, -0.1) is 0 Å². The molecule has 0 aliphatic heterocycles. The quantitative estimate of drug-likeness (QED) is 0.182. The summed E-state index contributed by atoms with van der Waals surface area (Å²) < 4.78 is 79.1. The van der Waals surface area contributed by atoms with E-state index in [4.69, 9.17) is 0 Å². The van der Waals surface area contributed by atoms with Gasteiger partial charge in [0.2, 0.25) is 0 Å². The lowest BCUT2D eigenvalue weighted by molar-refractivity contribution is -0.138. The molecule has 2 amide bonds. The monoisotopic (exact) mass is 606 g/mol. The normalized spacial score (nSPS) is 11.8. The van der Waals surface area contributed by atoms with Crippen LogP contribution in [0, 0.1) is 0 Å². The van der Waals surface area contributed by atoms with E-state index in [0.29, 0.717) is 18.4 Å². The van der Waals surface area contributed by atoms with Crippen molar-refractivity contribution < 1.29 is 35.9 Å². The summed E-state index contributed by atoms with van der Waals surface area (Å²) in [6, 6.07) is 26.4. The molecule has 4 nitrogen and oxygen atoms in total. The predicted octanol–water partition coefficient (Wildman–Crippen LogP) is 9.17. The summed E-state index contributed by atoms with van der Waals surface area (Å²) in [6.07, 6.45) is -8.29. The zero-order chi connectivity index (χ0) is 31.5. The lowest BCUT2D eigenvalue weighted by atomic mass is 9.97. The van der Waals surface area contributed by atoms with Crippen molar-refractivity contribution in [1.82, 2.24) is 0 Å². The number of fused-ring (bicyclic) bond motifs is 1. The Balaban J connectivity index is 1.43. The highest BCUT2D eigenvalue weighted by atomic mass is 19.4. The van der Waals surface area contributed by atoms with E-state index in [0.717, 1.165) is 52.7 Å². The van der Waals surface area contributed by atoms with Gasteiger partial charge in [-0.1, -0.05) is 54.6 Å². The first-order valence-corrected chi connectivity index (χ1v) is 13.4. The van der Waals surface area contributed by atoms with Crippen LogP contribution in [0.25, 0.3) is 10.8 Å². The number of hydrogen-bond acceptors (Lipinski definition) is 2. The lowest BCUT2D eigenvalue weighted by Crippen LogP contribution is -2.17. The van der Waals surface area contributed by atoms with Gasteiger partial charge in [0.25, 0.3) is 11.8 Å². The summed E-state index contributed by atoms with van der Waals surface area (Å²) in [5.41, 5.74) is -0.523. The molecule has 0 aliphatic rings. The maximum absolute atomic E-state index is 13.2. The van der Waals surface area contributed by atoms with Gasteiger partial charge in [0, 0.05) is 22.5 Å². The number of alkyl halides is 6. The van der Waals surface area contributed by atoms with E-state index >= 15 is 0 Å². The number of anilines is 2. The first-order chi connectivity index (χ1) is 20.8. The minimum absolute atomic E-state index is 0.00684. The Labute approximate surface area is 248 Å². The molecule has 0 atom stereocenters. The second-order valence-corrected chi connectivity index (χ2v) is 10.2. The Bertz CT molecular complexity index is 1760. The average molecular weight is 607 g/mol. The zero-order valence-corrected chi connectivity index (χ0v) is 22.9. The molecule has 0 heterocycles. The predicted molar refractivity (Wildman–Crippen MR) is 157 cm³/mol. The third-order valence-corrected chi connectivity index (χ3v) is 6.93. The van der Waals surface area contributed by atoms with Crippen LogP contribution in [0.1, 0.15) is 43.0 Å². The van der Waals surface area contributed by atoms with E-state index in [1.54, 1.807) is 0 Å². The van der Waals surface area contributed by atoms with Gasteiger partial charge in [0.1, 0.15) is 0 Å². The molecule has 0 unspecified atom stereocenters. The van der Waals surface area contributed by atoms with Crippen molar-refractivity contribution in [2.75, 3.05) is 10.6 Å². The van der Waals surface area contributed by atoms with Crippen molar-refractivity contribution >= 4 is 34.0 Å². The molecule has 0 saturated heterocycles. The highest BCUT2D eigenvalue weighted by molar-refractivity contribution is 6.09. The first kappa shape index (κ1) is 30.3. The van der Waals surface area contributed by atoms with Crippen LogP contribution in [0.4, 0.5) is 37.7 Å². The Morgan fingerprint density at radius 1 is 0.500 bits per heavy atom. The number of halogens is 6. The van der Waals surface area contributed by atoms with Crippen LogP contribution in [0.5, 0.6) is 0 Å². The van der Waals surface area contributed by atoms with Gasteiger partial charge in [0.05, 0.1) is 11.1 Å². The van der Waals surface area contributed by atoms with Crippen LogP contribution < -0.4 is 10.6 Å². The summed E-state index contributed by atoms with van der Waals surface area (Å²) in [4.78, 5) is 26.4. The fourth-order valence-electron chi connectivity index (χ4n) is 4.73. The molecular formula is C34H24F6N2O2. The lowest BCUT2D eigenvalue weighted by Gasteiger charge is -2.13. The molecule has 0 bridgehead atoms. The fraction of sp³-hybridized carbons (Fsp3) is 0.118. The third kappa shape index (κ3) is 7.44. The van der Waals surface area contributed by atoms with Crippen LogP contribution in [0.2, 0.25) is 0 Å². The molecule has 5 aromatic carbocycles. The highest BCUT2D eigenvalue weighted by Crippen LogP contribution is 2.32. The van der Waals surface area contributed by atoms with Crippen molar-refractivity contribution in [3.8, 4) is 0 Å². The van der Waals surface area contributed by atoms with E-state index in [-0.39, 0.29) is 22.5 Å². The zero-order valence-electron chi connectivity index (χ0n) is 22.9. The summed E-state index contributed by atoms with van der Waals surface area (Å²) in [7, 11) is 0. The Kier molecular flexibility index (Phi) is 8.44. The molecular weight excluding hydrogens is 582 g/mol. The highest BCUT2D eigenvalue weighted by Gasteiger charge is 2.31. The molecule has 44 heavy (non-hydrogen) atoms. The number of hydrogen-bond donors (Lipinski definition) is 2. The molecule has 224 valence electrons. The number of aryl methyl sites for hydroxylation is 2. The van der Waals surface area contributed by atoms with Crippen molar-refractivity contribution in [3.05, 3.63) is 143 Å². The largest absolute Gasteiger partial charge is 0.416 e. The van der Waals surface area contributed by atoms with Gasteiger partial charge in [-0.25, -0.2) is 0 Å². The first-order valence-electron chi connectivity index (χ1n) is 13.4. The molecule has 0 radical (unpaired) electrons. The van der Waals surface area contributed by atoms with Gasteiger partial charge >= 0.3 is 12.4 Å². The number of rotatable bonds is 7. The standard InChI is InChI=1S/C34H24F6N2O2/c35-33(36,37)27-7-3-9-29(19-27)41-31(43)25-16-22(12-11-21-13-14-23-5-1-2-6-24(23)15-21)17-26(18-25)32(44)42-30-10-4-8-28(20-30)34(38,39)40/h1-10,13-20H,11-12H2,(H,41,43)(H,42,44). The molecule has 0 aromatic heterocycles. The second-order valence-electron chi connectivity index (χ2n) is 10.2. The van der Waals surface area contributed by atoms with Crippen LogP contribution in [-0.4, -0.2) is 11.8 Å². The summed E-state index contributed by atoms with van der Waals surface area (Å²) in [5, 5.41) is 6.98. The smallest absolute Gasteiger partial charge is 0.322 e. The van der Waals surface area contributed by atoms with Gasteiger partial charge < -0.3 is 10.6 Å². The SMILES string of the molecule is O=C(Nc1cccc(C(F)(F)F)c1)c1cc(CCc2ccc3ccccc3c2)cc(C(=O)Nc2cccc(C(F)(F)F)c2)c1. The molecule has 0 spiro atoms. The van der Waals surface area contributed by atoms with Gasteiger partial charge in [-0.2, -0.15) is 26.3 Å². The van der Waals surface area contributed by atoms with Gasteiger partial charge in [-0.3, -0.25) is 9.59 Å². The number of benzene rings is 5. The molecule has 0 saturated carbocycles. The maximum Gasteiger partial charge on any atom is 0.416 e. The number of carbonyl (C=O) groups excluding carboxylic acids is 2. The van der Waals surface area contributed by atoms with E-state index in [1.807, 2.05) is 42.5 Å². The molecule has 0 aliphatic carbocycles. The molecule has 5 rings (SSSR count).